The number of nitrogens with zero attached hydrogens (tertiary/aromatic N) is 2. The van der Waals surface area contributed by atoms with E-state index in [-0.39, 0.29) is 35.6 Å². The van der Waals surface area contributed by atoms with E-state index in [4.69, 9.17) is 4.74 Å². The normalized spacial score (nSPS) is 13.4. The van der Waals surface area contributed by atoms with Gasteiger partial charge in [-0.3, -0.25) is 4.99 Å². The predicted octanol–water partition coefficient (Wildman–Crippen LogP) is 2.89. The van der Waals surface area contributed by atoms with Crippen molar-refractivity contribution in [2.24, 2.45) is 4.99 Å². The Hall–Kier alpha value is -0.860. The van der Waals surface area contributed by atoms with E-state index in [0.717, 1.165) is 19.0 Å². The number of aliphatic imine (C=N–C) groups is 1. The Morgan fingerprint density at radius 3 is 2.33 bits per heavy atom. The van der Waals surface area contributed by atoms with Crippen molar-refractivity contribution in [2.75, 3.05) is 40.8 Å². The van der Waals surface area contributed by atoms with E-state index in [1.54, 1.807) is 7.11 Å². The van der Waals surface area contributed by atoms with E-state index in [1.165, 1.54) is 5.56 Å². The first-order valence-corrected chi connectivity index (χ1v) is 8.18. The smallest absolute Gasteiger partial charge is 0.191 e. The van der Waals surface area contributed by atoms with Crippen molar-refractivity contribution >= 4 is 29.9 Å². The number of halogens is 1. The number of guanidine groups is 1. The second kappa shape index (κ2) is 11.7. The minimum Gasteiger partial charge on any atom is -0.377 e. The first kappa shape index (κ1) is 23.1. The van der Waals surface area contributed by atoms with Crippen LogP contribution in [0.2, 0.25) is 0 Å². The van der Waals surface area contributed by atoms with E-state index in [9.17, 15) is 0 Å². The molecule has 0 aliphatic carbocycles. The van der Waals surface area contributed by atoms with Crippen molar-refractivity contribution in [3.63, 3.8) is 0 Å². The first-order chi connectivity index (χ1) is 10.9. The summed E-state index contributed by atoms with van der Waals surface area (Å²) in [5.41, 5.74) is 1.03. The van der Waals surface area contributed by atoms with Gasteiger partial charge in [0.1, 0.15) is 0 Å². The first-order valence-electron chi connectivity index (χ1n) is 8.18. The van der Waals surface area contributed by atoms with Crippen molar-refractivity contribution in [3.05, 3.63) is 35.9 Å². The molecular formula is C18H33IN4O. The number of hydrogen-bond donors (Lipinski definition) is 2. The highest BCUT2D eigenvalue weighted by molar-refractivity contribution is 14.0. The van der Waals surface area contributed by atoms with Crippen molar-refractivity contribution in [2.45, 2.75) is 32.4 Å². The van der Waals surface area contributed by atoms with Crippen molar-refractivity contribution in [1.29, 1.82) is 0 Å². The molecule has 0 saturated carbocycles. The van der Waals surface area contributed by atoms with Crippen LogP contribution in [-0.4, -0.2) is 57.3 Å². The lowest BCUT2D eigenvalue weighted by Crippen LogP contribution is -2.42. The van der Waals surface area contributed by atoms with Crippen LogP contribution in [-0.2, 0) is 4.74 Å². The van der Waals surface area contributed by atoms with Gasteiger partial charge in [-0.15, -0.1) is 24.0 Å². The summed E-state index contributed by atoms with van der Waals surface area (Å²) < 4.78 is 5.43. The molecule has 5 nitrogen and oxygen atoms in total. The number of benzene rings is 1. The van der Waals surface area contributed by atoms with Crippen LogP contribution in [0.5, 0.6) is 0 Å². The predicted molar refractivity (Wildman–Crippen MR) is 113 cm³/mol. The topological polar surface area (TPSA) is 48.9 Å². The van der Waals surface area contributed by atoms with E-state index in [0.29, 0.717) is 6.54 Å². The molecule has 0 aliphatic heterocycles. The fourth-order valence-corrected chi connectivity index (χ4v) is 2.14. The summed E-state index contributed by atoms with van der Waals surface area (Å²) in [7, 11) is 5.91. The molecule has 1 aromatic carbocycles. The molecule has 0 radical (unpaired) electrons. The molecule has 138 valence electrons. The van der Waals surface area contributed by atoms with Gasteiger partial charge in [-0.2, -0.15) is 0 Å². The Bertz CT molecular complexity index is 477. The van der Waals surface area contributed by atoms with Gasteiger partial charge in [-0.1, -0.05) is 30.3 Å². The molecule has 24 heavy (non-hydrogen) atoms. The fraction of sp³-hybridized carbons (Fsp3) is 0.611. The van der Waals surface area contributed by atoms with Gasteiger partial charge in [0.05, 0.1) is 18.2 Å². The molecule has 0 fully saturated rings. The molecule has 0 saturated heterocycles. The number of nitrogens with one attached hydrogen (secondary N) is 2. The lowest BCUT2D eigenvalue weighted by molar-refractivity contribution is 0.0310. The summed E-state index contributed by atoms with van der Waals surface area (Å²) >= 11 is 0. The van der Waals surface area contributed by atoms with Crippen LogP contribution >= 0.6 is 24.0 Å². The standard InChI is InChI=1S/C18H32N4O.HI/c1-7-19-17(21-14-18(2,3)23-6)20-13-16(22(4)5)15-11-9-8-10-12-15;/h8-12,16H,7,13-14H2,1-6H3,(H2,19,20,21);1H. The Labute approximate surface area is 164 Å². The van der Waals surface area contributed by atoms with E-state index < -0.39 is 0 Å². The molecule has 1 aromatic rings. The quantitative estimate of drug-likeness (QED) is 0.365. The SMILES string of the molecule is CCNC(=NCC(C)(C)OC)NCC(c1ccccc1)N(C)C.I. The third kappa shape index (κ3) is 8.30. The summed E-state index contributed by atoms with van der Waals surface area (Å²) in [6, 6.07) is 10.8. The van der Waals surface area contributed by atoms with Crippen LogP contribution in [0.3, 0.4) is 0 Å². The zero-order valence-electron chi connectivity index (χ0n) is 15.8. The zero-order chi connectivity index (χ0) is 17.3. The second-order valence-electron chi connectivity index (χ2n) is 6.43. The van der Waals surface area contributed by atoms with Crippen molar-refractivity contribution in [3.8, 4) is 0 Å². The van der Waals surface area contributed by atoms with Crippen molar-refractivity contribution < 1.29 is 4.74 Å². The number of likely N-dealkylation sites (N-methyl/N-ethyl adjacent to an activating group) is 1. The van der Waals surface area contributed by atoms with Crippen LogP contribution < -0.4 is 10.6 Å². The molecule has 0 aromatic heterocycles. The average molecular weight is 448 g/mol. The Morgan fingerprint density at radius 2 is 1.83 bits per heavy atom. The average Bonchev–Trinajstić information content (AvgIpc) is 2.53. The maximum Gasteiger partial charge on any atom is 0.191 e. The number of rotatable bonds is 8. The van der Waals surface area contributed by atoms with Crippen LogP contribution in [0.25, 0.3) is 0 Å². The molecule has 1 atom stereocenters. The maximum absolute atomic E-state index is 5.43. The summed E-state index contributed by atoms with van der Waals surface area (Å²) in [6.45, 7) is 8.36. The summed E-state index contributed by atoms with van der Waals surface area (Å²) in [5, 5.41) is 6.73. The van der Waals surface area contributed by atoms with Gasteiger partial charge in [0.15, 0.2) is 5.96 Å². The fourth-order valence-electron chi connectivity index (χ4n) is 2.14. The number of methoxy groups -OCH3 is 1. The minimum absolute atomic E-state index is 0. The third-order valence-corrected chi connectivity index (χ3v) is 3.79. The highest BCUT2D eigenvalue weighted by Crippen LogP contribution is 2.16. The summed E-state index contributed by atoms with van der Waals surface area (Å²) in [6.07, 6.45) is 0. The Kier molecular flexibility index (Phi) is 11.2. The molecule has 0 amide bonds. The van der Waals surface area contributed by atoms with Gasteiger partial charge in [-0.25, -0.2) is 0 Å². The lowest BCUT2D eigenvalue weighted by Gasteiger charge is -2.26. The third-order valence-electron chi connectivity index (χ3n) is 3.79. The minimum atomic E-state index is -0.261. The van der Waals surface area contributed by atoms with Gasteiger partial charge < -0.3 is 20.3 Å². The molecule has 0 heterocycles. The van der Waals surface area contributed by atoms with Crippen LogP contribution in [0.4, 0.5) is 0 Å². The Morgan fingerprint density at radius 1 is 1.21 bits per heavy atom. The zero-order valence-corrected chi connectivity index (χ0v) is 18.1. The molecule has 1 rings (SSSR count). The van der Waals surface area contributed by atoms with Crippen LogP contribution in [0.15, 0.2) is 35.3 Å². The molecule has 0 spiro atoms. The van der Waals surface area contributed by atoms with Crippen molar-refractivity contribution in [1.82, 2.24) is 15.5 Å². The van der Waals surface area contributed by atoms with E-state index >= 15 is 0 Å². The lowest BCUT2D eigenvalue weighted by atomic mass is 10.1. The highest BCUT2D eigenvalue weighted by atomic mass is 127. The van der Waals surface area contributed by atoms with Crippen LogP contribution in [0, 0.1) is 0 Å². The molecule has 1 unspecified atom stereocenters. The second-order valence-corrected chi connectivity index (χ2v) is 6.43. The highest BCUT2D eigenvalue weighted by Gasteiger charge is 2.17. The molecule has 0 aliphatic rings. The van der Waals surface area contributed by atoms with E-state index in [1.807, 2.05) is 19.9 Å². The molecule has 0 bridgehead atoms. The number of hydrogen-bond acceptors (Lipinski definition) is 3. The largest absolute Gasteiger partial charge is 0.377 e. The van der Waals surface area contributed by atoms with Gasteiger partial charge in [0.2, 0.25) is 0 Å². The Balaban J connectivity index is 0.00000529. The van der Waals surface area contributed by atoms with E-state index in [2.05, 4.69) is 65.8 Å². The monoisotopic (exact) mass is 448 g/mol. The van der Waals surface area contributed by atoms with Gasteiger partial charge in [0, 0.05) is 20.2 Å². The molecular weight excluding hydrogens is 415 g/mol. The van der Waals surface area contributed by atoms with Gasteiger partial charge >= 0.3 is 0 Å². The summed E-state index contributed by atoms with van der Waals surface area (Å²) in [4.78, 5) is 6.85. The maximum atomic E-state index is 5.43. The summed E-state index contributed by atoms with van der Waals surface area (Å²) in [5.74, 6) is 0.820. The molecule has 2 N–H and O–H groups in total. The van der Waals surface area contributed by atoms with Gasteiger partial charge in [-0.05, 0) is 40.4 Å². The number of ether oxygens (including phenoxy) is 1. The van der Waals surface area contributed by atoms with Crippen LogP contribution in [0.1, 0.15) is 32.4 Å². The molecule has 6 heteroatoms. The van der Waals surface area contributed by atoms with Gasteiger partial charge in [0.25, 0.3) is 0 Å².